The first kappa shape index (κ1) is 14.8. The van der Waals surface area contributed by atoms with Crippen LogP contribution in [0, 0.1) is 20.8 Å². The summed E-state index contributed by atoms with van der Waals surface area (Å²) in [4.78, 5) is 0. The largest absolute Gasteiger partial charge is 0.306 e. The molecule has 1 atom stereocenters. The van der Waals surface area contributed by atoms with Crippen LogP contribution in [0.5, 0.6) is 0 Å². The molecule has 1 aromatic heterocycles. The maximum atomic E-state index is 3.60. The smallest absolute Gasteiger partial charge is 0.0701 e. The number of aryl methyl sites for hydroxylation is 3. The molecule has 19 heavy (non-hydrogen) atoms. The van der Waals surface area contributed by atoms with Crippen molar-refractivity contribution in [1.29, 1.82) is 0 Å². The zero-order valence-corrected chi connectivity index (χ0v) is 14.3. The molecule has 1 unspecified atom stereocenters. The number of hydrogen-bond donors (Lipinski definition) is 1. The molecule has 1 aromatic carbocycles. The van der Waals surface area contributed by atoms with E-state index in [1.54, 1.807) is 11.3 Å². The van der Waals surface area contributed by atoms with E-state index in [-0.39, 0.29) is 6.04 Å². The van der Waals surface area contributed by atoms with E-state index in [2.05, 4.69) is 72.5 Å². The van der Waals surface area contributed by atoms with Crippen LogP contribution in [0.15, 0.2) is 27.4 Å². The van der Waals surface area contributed by atoms with Gasteiger partial charge >= 0.3 is 0 Å². The molecule has 0 aliphatic carbocycles. The summed E-state index contributed by atoms with van der Waals surface area (Å²) in [6.07, 6.45) is 0. The molecule has 2 aromatic rings. The third-order valence-corrected chi connectivity index (χ3v) is 5.05. The second-order valence-corrected chi connectivity index (χ2v) is 7.26. The lowest BCUT2D eigenvalue weighted by atomic mass is 9.93. The van der Waals surface area contributed by atoms with E-state index in [0.717, 1.165) is 6.54 Å². The molecule has 0 aliphatic rings. The Bertz CT molecular complexity index is 574. The van der Waals surface area contributed by atoms with Crippen molar-refractivity contribution in [1.82, 2.24) is 5.32 Å². The summed E-state index contributed by atoms with van der Waals surface area (Å²) in [5, 5.41) is 5.83. The van der Waals surface area contributed by atoms with Gasteiger partial charge in [-0.3, -0.25) is 0 Å². The summed E-state index contributed by atoms with van der Waals surface area (Å²) in [5.41, 5.74) is 6.80. The van der Waals surface area contributed by atoms with Gasteiger partial charge in [-0.05, 0) is 82.5 Å². The van der Waals surface area contributed by atoms with Crippen molar-refractivity contribution < 1.29 is 0 Å². The molecule has 0 saturated heterocycles. The Hall–Kier alpha value is -0.640. The Morgan fingerprint density at radius 3 is 2.37 bits per heavy atom. The average molecular weight is 338 g/mol. The van der Waals surface area contributed by atoms with E-state index in [1.165, 1.54) is 31.6 Å². The van der Waals surface area contributed by atoms with Gasteiger partial charge in [0, 0.05) is 0 Å². The molecule has 0 amide bonds. The van der Waals surface area contributed by atoms with Crippen LogP contribution in [-0.4, -0.2) is 6.54 Å². The lowest BCUT2D eigenvalue weighted by Gasteiger charge is -2.21. The van der Waals surface area contributed by atoms with Gasteiger partial charge in [-0.1, -0.05) is 19.1 Å². The molecule has 1 nitrogen and oxygen atoms in total. The second kappa shape index (κ2) is 6.21. The predicted octanol–water partition coefficient (Wildman–Crippen LogP) is 5.13. The summed E-state index contributed by atoms with van der Waals surface area (Å²) in [5.74, 6) is 0. The van der Waals surface area contributed by atoms with Gasteiger partial charge in [0.15, 0.2) is 0 Å². The maximum absolute atomic E-state index is 3.60. The number of rotatable bonds is 4. The third kappa shape index (κ3) is 3.28. The number of benzene rings is 1. The van der Waals surface area contributed by atoms with E-state index in [0.29, 0.717) is 0 Å². The molecule has 1 heterocycles. The van der Waals surface area contributed by atoms with Crippen LogP contribution in [0.3, 0.4) is 0 Å². The van der Waals surface area contributed by atoms with Gasteiger partial charge in [0.1, 0.15) is 0 Å². The van der Waals surface area contributed by atoms with Crippen molar-refractivity contribution in [3.8, 4) is 0 Å². The fourth-order valence-corrected chi connectivity index (χ4v) is 3.58. The van der Waals surface area contributed by atoms with Gasteiger partial charge in [0.25, 0.3) is 0 Å². The molecule has 0 saturated carbocycles. The quantitative estimate of drug-likeness (QED) is 0.814. The van der Waals surface area contributed by atoms with E-state index >= 15 is 0 Å². The van der Waals surface area contributed by atoms with E-state index in [9.17, 15) is 0 Å². The molecule has 2 rings (SSSR count). The predicted molar refractivity (Wildman–Crippen MR) is 88.2 cm³/mol. The van der Waals surface area contributed by atoms with Gasteiger partial charge in [-0.15, -0.1) is 11.3 Å². The summed E-state index contributed by atoms with van der Waals surface area (Å²) in [6, 6.07) is 7.11. The number of nitrogens with one attached hydrogen (secondary N) is 1. The highest BCUT2D eigenvalue weighted by atomic mass is 79.9. The van der Waals surface area contributed by atoms with Crippen molar-refractivity contribution in [3.63, 3.8) is 0 Å². The van der Waals surface area contributed by atoms with Gasteiger partial charge < -0.3 is 5.32 Å². The molecule has 0 bridgehead atoms. The maximum Gasteiger partial charge on any atom is 0.0701 e. The van der Waals surface area contributed by atoms with Crippen molar-refractivity contribution in [3.05, 3.63) is 55.2 Å². The van der Waals surface area contributed by atoms with Crippen LogP contribution in [-0.2, 0) is 0 Å². The van der Waals surface area contributed by atoms with Crippen LogP contribution in [0.25, 0.3) is 0 Å². The molecular weight excluding hydrogens is 318 g/mol. The molecule has 0 aliphatic heterocycles. The Labute approximate surface area is 128 Å². The molecular formula is C16H20BrNS. The molecule has 0 spiro atoms. The van der Waals surface area contributed by atoms with E-state index in [1.807, 2.05) is 0 Å². The van der Waals surface area contributed by atoms with E-state index < -0.39 is 0 Å². The van der Waals surface area contributed by atoms with Gasteiger partial charge in [0.2, 0.25) is 0 Å². The minimum absolute atomic E-state index is 0.284. The summed E-state index contributed by atoms with van der Waals surface area (Å²) < 4.78 is 1.19. The SMILES string of the molecule is CCNC(c1csc(Br)c1)c1cc(C)c(C)cc1C. The molecule has 102 valence electrons. The normalized spacial score (nSPS) is 12.7. The number of hydrogen-bond acceptors (Lipinski definition) is 2. The van der Waals surface area contributed by atoms with Crippen LogP contribution >= 0.6 is 27.3 Å². The average Bonchev–Trinajstić information content (AvgIpc) is 2.78. The molecule has 1 N–H and O–H groups in total. The summed E-state index contributed by atoms with van der Waals surface area (Å²) in [7, 11) is 0. The van der Waals surface area contributed by atoms with Crippen molar-refractivity contribution in [2.45, 2.75) is 33.7 Å². The highest BCUT2D eigenvalue weighted by Crippen LogP contribution is 2.31. The lowest BCUT2D eigenvalue weighted by Crippen LogP contribution is -2.22. The zero-order valence-electron chi connectivity index (χ0n) is 11.9. The number of thiophene rings is 1. The van der Waals surface area contributed by atoms with Crippen molar-refractivity contribution in [2.24, 2.45) is 0 Å². The fourth-order valence-electron chi connectivity index (χ4n) is 2.38. The minimum atomic E-state index is 0.284. The fraction of sp³-hybridized carbons (Fsp3) is 0.375. The summed E-state index contributed by atoms with van der Waals surface area (Å²) in [6.45, 7) is 9.68. The van der Waals surface area contributed by atoms with Crippen LogP contribution in [0.1, 0.15) is 40.8 Å². The van der Waals surface area contributed by atoms with Crippen LogP contribution in [0.2, 0.25) is 0 Å². The minimum Gasteiger partial charge on any atom is -0.306 e. The number of halogens is 1. The first-order chi connectivity index (χ1) is 9.02. The van der Waals surface area contributed by atoms with Crippen molar-refractivity contribution in [2.75, 3.05) is 6.54 Å². The topological polar surface area (TPSA) is 12.0 Å². The molecule has 3 heteroatoms. The zero-order chi connectivity index (χ0) is 14.0. The Morgan fingerprint density at radius 1 is 1.11 bits per heavy atom. The first-order valence-corrected chi connectivity index (χ1v) is 8.25. The third-order valence-electron chi connectivity index (χ3n) is 3.52. The highest BCUT2D eigenvalue weighted by Gasteiger charge is 2.17. The Kier molecular flexibility index (Phi) is 4.82. The monoisotopic (exact) mass is 337 g/mol. The van der Waals surface area contributed by atoms with E-state index in [4.69, 9.17) is 0 Å². The molecule has 0 radical (unpaired) electrons. The second-order valence-electron chi connectivity index (χ2n) is 4.97. The van der Waals surface area contributed by atoms with Crippen LogP contribution in [0.4, 0.5) is 0 Å². The standard InChI is InChI=1S/C16H20BrNS/c1-5-18-16(13-8-15(17)19-9-13)14-7-11(3)10(2)6-12(14)4/h6-9,16,18H,5H2,1-4H3. The lowest BCUT2D eigenvalue weighted by molar-refractivity contribution is 0.629. The van der Waals surface area contributed by atoms with Gasteiger partial charge in [-0.2, -0.15) is 0 Å². The molecule has 0 fully saturated rings. The summed E-state index contributed by atoms with van der Waals surface area (Å²) >= 11 is 5.30. The highest BCUT2D eigenvalue weighted by molar-refractivity contribution is 9.11. The van der Waals surface area contributed by atoms with Gasteiger partial charge in [0.05, 0.1) is 9.83 Å². The Morgan fingerprint density at radius 2 is 1.79 bits per heavy atom. The Balaban J connectivity index is 2.47. The first-order valence-electron chi connectivity index (χ1n) is 6.58. The van der Waals surface area contributed by atoms with Crippen LogP contribution < -0.4 is 5.32 Å². The van der Waals surface area contributed by atoms with Gasteiger partial charge in [-0.25, -0.2) is 0 Å². The van der Waals surface area contributed by atoms with Crippen molar-refractivity contribution >= 4 is 27.3 Å².